The van der Waals surface area contributed by atoms with Crippen molar-refractivity contribution in [1.82, 2.24) is 0 Å². The Kier molecular flexibility index (Phi) is 2.64. The summed E-state index contributed by atoms with van der Waals surface area (Å²) in [4.78, 5) is 0. The molecule has 0 aromatic heterocycles. The number of benzene rings is 12. The van der Waals surface area contributed by atoms with Gasteiger partial charge in [0.25, 0.3) is 0 Å². The van der Waals surface area contributed by atoms with E-state index in [1.807, 2.05) is 0 Å². The highest BCUT2D eigenvalue weighted by Gasteiger charge is 2.35. The van der Waals surface area contributed by atoms with Gasteiger partial charge in [0.2, 0.25) is 0 Å². The Bertz CT molecular complexity index is 5700. The molecule has 12 aromatic carbocycles. The van der Waals surface area contributed by atoms with Crippen molar-refractivity contribution in [2.24, 2.45) is 0 Å². The molecule has 0 saturated heterocycles. The zero-order valence-electron chi connectivity index (χ0n) is 66.6. The van der Waals surface area contributed by atoms with Gasteiger partial charge in [-0.1, -0.05) is 195 Å². The standard InChI is InChI=1S/C59H38/c1-59(2)53-16-6-5-15-48(53)52-34-42(26-32-54(52)59)44-27-25-41(33-51(44)47-29-22-40-20-18-36-10-8-12-38-24-31-50(47)58(40)56(36)38)43-13-3-4-14-45(43)46-28-21-39-19-17-35-9-7-11-37-23-30-49(46)57(39)55(35)37/h3-34H,1-2H3/i1D3,2D3,3D,4D,5D,6D,7D,8D,9D,10D,12D,13D,14D,15D,16D,17D,18D,19D,20D,21D,22D,23D,24D,25D,26D,27D,28D,29D,30D,31D,32D,33D,34D. The molecule has 12 aromatic rings. The van der Waals surface area contributed by atoms with Crippen molar-refractivity contribution in [3.63, 3.8) is 0 Å². The van der Waals surface area contributed by atoms with E-state index < -0.39 is 322 Å². The minimum absolute atomic E-state index is 0.259. The van der Waals surface area contributed by atoms with Crippen molar-refractivity contribution in [3.05, 3.63) is 205 Å². The lowest BCUT2D eigenvalue weighted by Crippen LogP contribution is -2.14. The molecule has 0 heteroatoms. The first kappa shape index (κ1) is 13.1. The molecule has 274 valence electrons. The van der Waals surface area contributed by atoms with Crippen LogP contribution in [0.3, 0.4) is 0 Å². The average Bonchev–Trinajstić information content (AvgIpc) is 1.46. The van der Waals surface area contributed by atoms with Crippen LogP contribution in [0.4, 0.5) is 0 Å². The molecule has 0 spiro atoms. The number of hydrogen-bond acceptors (Lipinski definition) is 0. The predicted octanol–water partition coefficient (Wildman–Crippen LogP) is 16.5. The molecule has 0 bridgehead atoms. The van der Waals surface area contributed by atoms with E-state index in [-0.39, 0.29) is 16.2 Å². The van der Waals surface area contributed by atoms with Crippen LogP contribution < -0.4 is 0 Å². The molecule has 0 aliphatic heterocycles. The SMILES string of the molecule is [2H]c1cc2c([2H])c([2H])c3c(-c4c([2H])c([2H])c([2H])c([2H])c4-c4c([2H])c([2H])c(-c5c([2H])c([2H])c6c(c5[2H])-c5c([2H])c([2H])c([2H])c([2H])c5C6(C([2H])([2H])[2H])C([2H])([2H])[2H])c(-c5c([2H])c([2H])c6c([2H])c([2H])c7c([2H])c([2H])c([2H])c8c([2H])c([2H])c5c6c78)c4[2H])c([2H])c([2H])c4c([2H])c([2H])c(c1[2H])c2c43. The molecule has 0 heterocycles. The molecule has 0 amide bonds. The lowest BCUT2D eigenvalue weighted by molar-refractivity contribution is 0.660. The van der Waals surface area contributed by atoms with Crippen LogP contribution >= 0.6 is 0 Å². The first-order chi connectivity index (χ1) is 44.5. The monoisotopic (exact) mass is 784 g/mol. The van der Waals surface area contributed by atoms with Crippen molar-refractivity contribution in [2.75, 3.05) is 0 Å². The zero-order chi connectivity index (χ0) is 71.0. The van der Waals surface area contributed by atoms with Crippen molar-refractivity contribution in [1.29, 1.82) is 0 Å². The summed E-state index contributed by atoms with van der Waals surface area (Å²) in [6, 6.07) is -32.2. The molecule has 59 heavy (non-hydrogen) atoms. The topological polar surface area (TPSA) is 0 Å². The Labute approximate surface area is 395 Å². The molecule has 0 N–H and O–H groups in total. The van der Waals surface area contributed by atoms with E-state index in [9.17, 15) is 24.7 Å². The second-order valence-electron chi connectivity index (χ2n) is 13.8. The summed E-state index contributed by atoms with van der Waals surface area (Å²) in [5.41, 5.74) is -16.9. The van der Waals surface area contributed by atoms with Crippen molar-refractivity contribution < 1.29 is 50.7 Å². The highest BCUT2D eigenvalue weighted by molar-refractivity contribution is 6.27. The molecule has 0 fully saturated rings. The molecular formula is C59H38. The summed E-state index contributed by atoms with van der Waals surface area (Å²) in [6.07, 6.45) is 0. The van der Waals surface area contributed by atoms with Crippen LogP contribution in [0.25, 0.3) is 120 Å². The normalized spacial score (nSPS) is 22.7. The average molecular weight is 784 g/mol. The molecule has 0 saturated carbocycles. The van der Waals surface area contributed by atoms with E-state index in [4.69, 9.17) is 26.0 Å². The van der Waals surface area contributed by atoms with E-state index in [0.717, 1.165) is 6.07 Å². The van der Waals surface area contributed by atoms with Gasteiger partial charge in [0.15, 0.2) is 0 Å². The molecule has 0 nitrogen and oxygen atoms in total. The molecule has 0 atom stereocenters. The third-order valence-corrected chi connectivity index (χ3v) is 10.7. The van der Waals surface area contributed by atoms with E-state index >= 15 is 0 Å². The fraction of sp³-hybridized carbons (Fsp3) is 0.0508. The quantitative estimate of drug-likeness (QED) is 0.156. The molecule has 0 radical (unpaired) electrons. The third-order valence-electron chi connectivity index (χ3n) is 10.7. The Balaban J connectivity index is 1.32. The highest BCUT2D eigenvalue weighted by Crippen LogP contribution is 2.51. The minimum atomic E-state index is -3.96. The van der Waals surface area contributed by atoms with Crippen LogP contribution in [0.1, 0.15) is 75.5 Å². The Morgan fingerprint density at radius 1 is 0.322 bits per heavy atom. The van der Waals surface area contributed by atoms with Gasteiger partial charge in [0.05, 0.1) is 42.5 Å². The van der Waals surface area contributed by atoms with E-state index in [1.54, 1.807) is 0 Å². The van der Waals surface area contributed by atoms with Gasteiger partial charge < -0.3 is 0 Å². The van der Waals surface area contributed by atoms with Crippen LogP contribution in [0, 0.1) is 0 Å². The summed E-state index contributed by atoms with van der Waals surface area (Å²) < 4.78 is 346. The molecule has 13 rings (SSSR count). The Morgan fingerprint density at radius 2 is 0.797 bits per heavy atom. The minimum Gasteiger partial charge on any atom is -0.0619 e. The summed E-state index contributed by atoms with van der Waals surface area (Å²) in [7, 11) is 0. The summed E-state index contributed by atoms with van der Waals surface area (Å²) >= 11 is 0. The van der Waals surface area contributed by atoms with Crippen LogP contribution in [0.5, 0.6) is 0 Å². The maximum atomic E-state index is 10.7. The summed E-state index contributed by atoms with van der Waals surface area (Å²) in [5, 5.41) is -6.33. The van der Waals surface area contributed by atoms with E-state index in [2.05, 4.69) is 0 Å². The van der Waals surface area contributed by atoms with E-state index in [0.29, 0.717) is 0 Å². The molecular weight excluding hydrogens is 709 g/mol. The first-order valence-corrected chi connectivity index (χ1v) is 17.8. The summed E-state index contributed by atoms with van der Waals surface area (Å²) in [6.45, 7) is -7.92. The zero-order valence-corrected chi connectivity index (χ0v) is 29.6. The van der Waals surface area contributed by atoms with Crippen LogP contribution in [-0.2, 0) is 5.41 Å². The lowest BCUT2D eigenvalue weighted by Gasteiger charge is -2.22. The highest BCUT2D eigenvalue weighted by atomic mass is 14.4. The Morgan fingerprint density at radius 3 is 1.51 bits per heavy atom. The van der Waals surface area contributed by atoms with Crippen LogP contribution in [0.2, 0.25) is 0 Å². The van der Waals surface area contributed by atoms with Crippen LogP contribution in [0.15, 0.2) is 193 Å². The second-order valence-corrected chi connectivity index (χ2v) is 13.8. The van der Waals surface area contributed by atoms with Gasteiger partial charge in [-0.3, -0.25) is 0 Å². The smallest absolute Gasteiger partial charge is 0.0619 e. The number of fused-ring (bicyclic) bond motifs is 3. The molecule has 1 aliphatic carbocycles. The largest absolute Gasteiger partial charge is 0.0636 e. The second kappa shape index (κ2) is 11.9. The number of rotatable bonds is 4. The van der Waals surface area contributed by atoms with Gasteiger partial charge in [0.1, 0.15) is 0 Å². The van der Waals surface area contributed by atoms with Gasteiger partial charge in [-0.2, -0.15) is 0 Å². The Hall–Kier alpha value is -7.28. The van der Waals surface area contributed by atoms with Gasteiger partial charge in [-0.15, -0.1) is 0 Å². The predicted molar refractivity (Wildman–Crippen MR) is 253 cm³/mol. The van der Waals surface area contributed by atoms with Gasteiger partial charge in [-0.25, -0.2) is 0 Å². The molecule has 0 unspecified atom stereocenters. The van der Waals surface area contributed by atoms with Crippen molar-refractivity contribution in [3.8, 4) is 55.6 Å². The van der Waals surface area contributed by atoms with Crippen molar-refractivity contribution >= 4 is 64.6 Å². The van der Waals surface area contributed by atoms with Gasteiger partial charge in [-0.05, 0) is 143 Å². The molecule has 1 aliphatic rings. The third kappa shape index (κ3) is 4.55. The maximum absolute atomic E-state index is 10.7. The summed E-state index contributed by atoms with van der Waals surface area (Å²) in [5.74, 6) is 0. The van der Waals surface area contributed by atoms with Crippen LogP contribution in [-0.4, -0.2) is 0 Å². The van der Waals surface area contributed by atoms with Crippen molar-refractivity contribution in [2.45, 2.75) is 19.1 Å². The van der Waals surface area contributed by atoms with E-state index in [1.165, 1.54) is 0 Å². The van der Waals surface area contributed by atoms with Gasteiger partial charge in [0, 0.05) is 13.6 Å². The van der Waals surface area contributed by atoms with Gasteiger partial charge >= 0.3 is 0 Å². The first-order valence-electron chi connectivity index (χ1n) is 36.3. The number of hydrogen-bond donors (Lipinski definition) is 0. The lowest BCUT2D eigenvalue weighted by atomic mass is 9.81. The fourth-order valence-electron chi connectivity index (χ4n) is 8.06. The fourth-order valence-corrected chi connectivity index (χ4v) is 8.06. The maximum Gasteiger partial charge on any atom is 0.0636 e.